The van der Waals surface area contributed by atoms with Gasteiger partial charge >= 0.3 is 5.97 Å². The second-order valence-electron chi connectivity index (χ2n) is 8.21. The number of carbonyl (C=O) groups excluding carboxylic acids is 2. The molecule has 34 heavy (non-hydrogen) atoms. The van der Waals surface area contributed by atoms with Crippen molar-refractivity contribution in [2.45, 2.75) is 32.3 Å². The first-order valence-corrected chi connectivity index (χ1v) is 12.0. The molecule has 0 fully saturated rings. The summed E-state index contributed by atoms with van der Waals surface area (Å²) in [6.45, 7) is 2.06. The van der Waals surface area contributed by atoms with Crippen LogP contribution >= 0.6 is 27.5 Å². The van der Waals surface area contributed by atoms with Gasteiger partial charge in [-0.05, 0) is 65.2 Å². The maximum atomic E-state index is 13.0. The summed E-state index contributed by atoms with van der Waals surface area (Å²) in [5, 5.41) is 3.86. The number of hydrogen-bond acceptors (Lipinski definition) is 6. The predicted octanol–water partition coefficient (Wildman–Crippen LogP) is 5.69. The molecule has 178 valence electrons. The number of fused-ring (bicyclic) bond motifs is 1. The normalized spacial score (nSPS) is 19.7. The van der Waals surface area contributed by atoms with Crippen molar-refractivity contribution in [3.63, 3.8) is 0 Å². The maximum absolute atomic E-state index is 13.0. The molecule has 0 bridgehead atoms. The molecule has 0 spiro atoms. The summed E-state index contributed by atoms with van der Waals surface area (Å²) < 4.78 is 17.4. The van der Waals surface area contributed by atoms with E-state index in [4.69, 9.17) is 25.8 Å². The smallest absolute Gasteiger partial charge is 0.336 e. The van der Waals surface area contributed by atoms with E-state index in [1.54, 1.807) is 25.3 Å². The molecule has 2 unspecified atom stereocenters. The van der Waals surface area contributed by atoms with Crippen LogP contribution in [0.3, 0.4) is 0 Å². The Kier molecular flexibility index (Phi) is 7.33. The Morgan fingerprint density at radius 1 is 1.15 bits per heavy atom. The molecule has 2 aromatic carbocycles. The van der Waals surface area contributed by atoms with Crippen LogP contribution in [0.15, 0.2) is 63.9 Å². The molecule has 0 amide bonds. The minimum absolute atomic E-state index is 0.0996. The lowest BCUT2D eigenvalue weighted by Crippen LogP contribution is -2.40. The van der Waals surface area contributed by atoms with Gasteiger partial charge in [-0.1, -0.05) is 23.7 Å². The zero-order valence-electron chi connectivity index (χ0n) is 19.1. The van der Waals surface area contributed by atoms with Gasteiger partial charge in [0.05, 0.1) is 30.2 Å². The van der Waals surface area contributed by atoms with Crippen LogP contribution in [-0.4, -0.2) is 26.0 Å². The fourth-order valence-corrected chi connectivity index (χ4v) is 5.40. The van der Waals surface area contributed by atoms with E-state index < -0.39 is 17.8 Å². The van der Waals surface area contributed by atoms with E-state index in [-0.39, 0.29) is 12.4 Å². The topological polar surface area (TPSA) is 73.9 Å². The molecule has 0 aromatic heterocycles. The van der Waals surface area contributed by atoms with E-state index >= 15 is 0 Å². The van der Waals surface area contributed by atoms with Crippen molar-refractivity contribution in [2.75, 3.05) is 14.2 Å². The highest BCUT2D eigenvalue weighted by molar-refractivity contribution is 9.10. The van der Waals surface area contributed by atoms with Crippen molar-refractivity contribution in [3.05, 3.63) is 80.1 Å². The predicted molar refractivity (Wildman–Crippen MR) is 133 cm³/mol. The highest BCUT2D eigenvalue weighted by atomic mass is 79.9. The summed E-state index contributed by atoms with van der Waals surface area (Å²) in [6, 6.07) is 11.0. The lowest BCUT2D eigenvalue weighted by molar-refractivity contribution is -0.136. The van der Waals surface area contributed by atoms with Crippen molar-refractivity contribution >= 4 is 39.3 Å². The van der Waals surface area contributed by atoms with Crippen LogP contribution in [0.2, 0.25) is 5.02 Å². The summed E-state index contributed by atoms with van der Waals surface area (Å²) in [5.74, 6) is -0.0150. The third kappa shape index (κ3) is 4.72. The molecular formula is C26H25BrClNO5. The molecule has 0 saturated heterocycles. The number of allylic oxidation sites excluding steroid dienone is 3. The van der Waals surface area contributed by atoms with Crippen LogP contribution in [0.5, 0.6) is 11.5 Å². The molecule has 2 atom stereocenters. The zero-order chi connectivity index (χ0) is 24.4. The number of hydrogen-bond donors (Lipinski definition) is 1. The van der Waals surface area contributed by atoms with Crippen LogP contribution in [-0.2, 0) is 20.9 Å². The molecule has 4 rings (SSSR count). The first-order chi connectivity index (χ1) is 16.3. The van der Waals surface area contributed by atoms with Crippen LogP contribution in [0.25, 0.3) is 0 Å². The number of methoxy groups -OCH3 is 2. The molecule has 2 aromatic rings. The Morgan fingerprint density at radius 3 is 2.62 bits per heavy atom. The fourth-order valence-electron chi connectivity index (χ4n) is 4.61. The van der Waals surface area contributed by atoms with Crippen LogP contribution in [0.4, 0.5) is 0 Å². The molecule has 0 saturated carbocycles. The van der Waals surface area contributed by atoms with E-state index in [9.17, 15) is 9.59 Å². The van der Waals surface area contributed by atoms with Crippen molar-refractivity contribution in [1.29, 1.82) is 0 Å². The number of nitrogens with one attached hydrogen (secondary N) is 1. The van der Waals surface area contributed by atoms with Gasteiger partial charge < -0.3 is 19.5 Å². The highest BCUT2D eigenvalue weighted by Gasteiger charge is 2.43. The Balaban J connectivity index is 1.76. The molecular weight excluding hydrogens is 522 g/mol. The van der Waals surface area contributed by atoms with E-state index in [2.05, 4.69) is 21.2 Å². The zero-order valence-corrected chi connectivity index (χ0v) is 21.5. The molecule has 0 radical (unpaired) electrons. The van der Waals surface area contributed by atoms with Crippen LogP contribution in [0, 0.1) is 5.92 Å². The van der Waals surface area contributed by atoms with Gasteiger partial charge in [0, 0.05) is 34.3 Å². The Bertz CT molecular complexity index is 1210. The van der Waals surface area contributed by atoms with Gasteiger partial charge in [0.1, 0.15) is 23.9 Å². The van der Waals surface area contributed by atoms with Crippen molar-refractivity contribution in [2.24, 2.45) is 5.92 Å². The second kappa shape index (κ2) is 10.2. The third-order valence-corrected chi connectivity index (χ3v) is 7.02. The molecule has 1 aliphatic carbocycles. The quantitative estimate of drug-likeness (QED) is 0.470. The number of esters is 1. The lowest BCUT2D eigenvalue weighted by Gasteiger charge is -2.38. The first kappa shape index (κ1) is 24.4. The molecule has 1 heterocycles. The monoisotopic (exact) mass is 545 g/mol. The van der Waals surface area contributed by atoms with Crippen LogP contribution in [0.1, 0.15) is 36.8 Å². The average Bonchev–Trinajstić information content (AvgIpc) is 2.82. The number of ketones is 1. The van der Waals surface area contributed by atoms with Gasteiger partial charge in [-0.15, -0.1) is 0 Å². The highest BCUT2D eigenvalue weighted by Crippen LogP contribution is 2.44. The van der Waals surface area contributed by atoms with E-state index in [0.717, 1.165) is 21.3 Å². The fraction of sp³-hybridized carbons (Fsp3) is 0.308. The molecule has 1 aliphatic heterocycles. The number of carbonyl (C=O) groups is 2. The average molecular weight is 547 g/mol. The molecule has 2 aliphatic rings. The molecule has 6 nitrogen and oxygen atoms in total. The number of Topliss-reactive ketones (excluding diaryl/α,β-unsaturated/α-hetero) is 1. The molecule has 1 N–H and O–H groups in total. The van der Waals surface area contributed by atoms with Gasteiger partial charge in [-0.2, -0.15) is 0 Å². The maximum Gasteiger partial charge on any atom is 0.336 e. The summed E-state index contributed by atoms with van der Waals surface area (Å²) in [6.07, 6.45) is 3.17. The summed E-state index contributed by atoms with van der Waals surface area (Å²) in [4.78, 5) is 25.8. The summed E-state index contributed by atoms with van der Waals surface area (Å²) >= 11 is 9.50. The van der Waals surface area contributed by atoms with E-state index in [1.165, 1.54) is 7.11 Å². The van der Waals surface area contributed by atoms with Crippen LogP contribution < -0.4 is 14.8 Å². The second-order valence-corrected chi connectivity index (χ2v) is 9.50. The van der Waals surface area contributed by atoms with E-state index in [0.29, 0.717) is 40.6 Å². The van der Waals surface area contributed by atoms with Crippen molar-refractivity contribution in [3.8, 4) is 11.5 Å². The Labute approximate surface area is 212 Å². The van der Waals surface area contributed by atoms with Gasteiger partial charge in [0.15, 0.2) is 0 Å². The Hall–Kier alpha value is -2.77. The van der Waals surface area contributed by atoms with Gasteiger partial charge in [-0.25, -0.2) is 4.79 Å². The summed E-state index contributed by atoms with van der Waals surface area (Å²) in [7, 11) is 2.95. The molecule has 8 heteroatoms. The van der Waals surface area contributed by atoms with Gasteiger partial charge in [0.25, 0.3) is 0 Å². The SMILES string of the molecule is COC(=O)C1=C(C)NC2=CCCC(=O)C2C1c1ccc(OC)c(COc2ccc(Cl)cc2Br)c1. The Morgan fingerprint density at radius 2 is 1.91 bits per heavy atom. The minimum atomic E-state index is -0.473. The largest absolute Gasteiger partial charge is 0.496 e. The first-order valence-electron chi connectivity index (χ1n) is 10.9. The number of ether oxygens (including phenoxy) is 3. The standard InChI is InChI=1S/C26H25BrClNO5/c1-14-23(26(31)33-3)24(25-19(29-14)5-4-6-20(25)30)15-7-9-21(32-2)16(11-15)13-34-22-10-8-17(28)12-18(22)27/h5,7-12,24-25,29H,4,6,13H2,1-3H3. The summed E-state index contributed by atoms with van der Waals surface area (Å²) in [5.41, 5.74) is 3.59. The van der Waals surface area contributed by atoms with E-state index in [1.807, 2.05) is 31.2 Å². The van der Waals surface area contributed by atoms with Crippen molar-refractivity contribution in [1.82, 2.24) is 5.32 Å². The van der Waals surface area contributed by atoms with Gasteiger partial charge in [-0.3, -0.25) is 4.79 Å². The third-order valence-electron chi connectivity index (χ3n) is 6.16. The number of rotatable bonds is 6. The number of benzene rings is 2. The number of halogens is 2. The lowest BCUT2D eigenvalue weighted by atomic mass is 9.71. The van der Waals surface area contributed by atoms with Gasteiger partial charge in [0.2, 0.25) is 0 Å². The minimum Gasteiger partial charge on any atom is -0.496 e. The van der Waals surface area contributed by atoms with Crippen molar-refractivity contribution < 1.29 is 23.8 Å².